The van der Waals surface area contributed by atoms with Gasteiger partial charge in [-0.25, -0.2) is 14.2 Å². The van der Waals surface area contributed by atoms with Gasteiger partial charge < -0.3 is 5.11 Å². The SMILES string of the molecule is CC(=O)N1N=C(c2c(O)n(C)c(=O)n(C)c2=O)CC1c1ccc(F)cc1. The number of benzene rings is 1. The average molecular weight is 360 g/mol. The Balaban J connectivity index is 2.12. The molecule has 26 heavy (non-hydrogen) atoms. The van der Waals surface area contributed by atoms with Crippen LogP contribution in [0.5, 0.6) is 5.88 Å². The molecule has 1 atom stereocenters. The van der Waals surface area contributed by atoms with Crippen molar-refractivity contribution in [3.05, 3.63) is 62.0 Å². The Morgan fingerprint density at radius 3 is 2.38 bits per heavy atom. The van der Waals surface area contributed by atoms with Crippen molar-refractivity contribution in [2.75, 3.05) is 0 Å². The maximum atomic E-state index is 13.2. The summed E-state index contributed by atoms with van der Waals surface area (Å²) < 4.78 is 15.0. The van der Waals surface area contributed by atoms with E-state index in [-0.39, 0.29) is 23.6 Å². The molecule has 9 heteroatoms. The van der Waals surface area contributed by atoms with Crippen LogP contribution < -0.4 is 11.2 Å². The van der Waals surface area contributed by atoms with E-state index in [9.17, 15) is 23.9 Å². The molecular weight excluding hydrogens is 343 g/mol. The van der Waals surface area contributed by atoms with E-state index < -0.39 is 29.0 Å². The quantitative estimate of drug-likeness (QED) is 0.849. The lowest BCUT2D eigenvalue weighted by atomic mass is 9.99. The van der Waals surface area contributed by atoms with E-state index in [4.69, 9.17) is 0 Å². The fourth-order valence-corrected chi connectivity index (χ4v) is 2.98. The molecule has 2 aromatic rings. The topological polar surface area (TPSA) is 96.9 Å². The lowest BCUT2D eigenvalue weighted by Crippen LogP contribution is -2.39. The number of halogens is 1. The van der Waals surface area contributed by atoms with Gasteiger partial charge in [-0.3, -0.25) is 18.7 Å². The van der Waals surface area contributed by atoms with Crippen molar-refractivity contribution in [1.82, 2.24) is 14.1 Å². The zero-order valence-electron chi connectivity index (χ0n) is 14.4. The molecule has 2 heterocycles. The molecular formula is C17H17FN4O4. The molecule has 8 nitrogen and oxygen atoms in total. The van der Waals surface area contributed by atoms with E-state index in [1.54, 1.807) is 0 Å². The lowest BCUT2D eigenvalue weighted by Gasteiger charge is -2.20. The van der Waals surface area contributed by atoms with Gasteiger partial charge in [-0.05, 0) is 17.7 Å². The number of aromatic nitrogens is 2. The molecule has 1 aliphatic heterocycles. The minimum absolute atomic E-state index is 0.134. The number of amides is 1. The second-order valence-electron chi connectivity index (χ2n) is 6.09. The first kappa shape index (κ1) is 17.6. The predicted octanol–water partition coefficient (Wildman–Crippen LogP) is 0.626. The van der Waals surface area contributed by atoms with Gasteiger partial charge in [0.15, 0.2) is 0 Å². The highest BCUT2D eigenvalue weighted by Crippen LogP contribution is 2.33. The van der Waals surface area contributed by atoms with E-state index in [0.29, 0.717) is 5.56 Å². The highest BCUT2D eigenvalue weighted by molar-refractivity contribution is 6.04. The van der Waals surface area contributed by atoms with E-state index >= 15 is 0 Å². The minimum atomic E-state index is -0.701. The first-order valence-corrected chi connectivity index (χ1v) is 7.84. The first-order valence-electron chi connectivity index (χ1n) is 7.84. The van der Waals surface area contributed by atoms with Crippen LogP contribution in [-0.4, -0.2) is 30.9 Å². The van der Waals surface area contributed by atoms with Crippen LogP contribution >= 0.6 is 0 Å². The number of hydrogen-bond acceptors (Lipinski definition) is 5. The van der Waals surface area contributed by atoms with Gasteiger partial charge in [0.1, 0.15) is 11.4 Å². The minimum Gasteiger partial charge on any atom is -0.494 e. The summed E-state index contributed by atoms with van der Waals surface area (Å²) in [6.07, 6.45) is 0.145. The molecule has 1 aromatic heterocycles. The van der Waals surface area contributed by atoms with Gasteiger partial charge in [0.05, 0.1) is 11.8 Å². The highest BCUT2D eigenvalue weighted by atomic mass is 19.1. The lowest BCUT2D eigenvalue weighted by molar-refractivity contribution is -0.130. The molecule has 1 unspecified atom stereocenters. The Bertz CT molecular complexity index is 1040. The molecule has 0 radical (unpaired) electrons. The summed E-state index contributed by atoms with van der Waals surface area (Å²) in [4.78, 5) is 36.3. The van der Waals surface area contributed by atoms with Crippen molar-refractivity contribution in [3.63, 3.8) is 0 Å². The van der Waals surface area contributed by atoms with Gasteiger partial charge in [0.25, 0.3) is 5.56 Å². The molecule has 1 aromatic carbocycles. The Morgan fingerprint density at radius 1 is 1.19 bits per heavy atom. The van der Waals surface area contributed by atoms with E-state index in [2.05, 4.69) is 5.10 Å². The molecule has 0 spiro atoms. The van der Waals surface area contributed by atoms with Gasteiger partial charge in [-0.1, -0.05) is 12.1 Å². The third-order valence-electron chi connectivity index (χ3n) is 4.41. The van der Waals surface area contributed by atoms with Crippen molar-refractivity contribution in [2.45, 2.75) is 19.4 Å². The molecule has 0 bridgehead atoms. The molecule has 1 amide bonds. The summed E-state index contributed by atoms with van der Waals surface area (Å²) in [5.41, 5.74) is -0.684. The Morgan fingerprint density at radius 2 is 1.81 bits per heavy atom. The second kappa shape index (κ2) is 6.25. The molecule has 0 fully saturated rings. The number of carbonyl (C=O) groups is 1. The van der Waals surface area contributed by atoms with E-state index in [0.717, 1.165) is 9.13 Å². The summed E-state index contributed by atoms with van der Waals surface area (Å²) in [6, 6.07) is 5.08. The third kappa shape index (κ3) is 2.71. The molecule has 0 saturated carbocycles. The fourth-order valence-electron chi connectivity index (χ4n) is 2.98. The second-order valence-corrected chi connectivity index (χ2v) is 6.09. The van der Waals surface area contributed by atoms with Crippen molar-refractivity contribution >= 4 is 11.6 Å². The smallest absolute Gasteiger partial charge is 0.333 e. The molecule has 1 aliphatic rings. The van der Waals surface area contributed by atoms with Crippen LogP contribution in [0.1, 0.15) is 30.5 Å². The first-order chi connectivity index (χ1) is 12.2. The van der Waals surface area contributed by atoms with E-state index in [1.165, 1.54) is 50.3 Å². The summed E-state index contributed by atoms with van der Waals surface area (Å²) in [5, 5.41) is 15.7. The number of aromatic hydroxyl groups is 1. The number of nitrogens with zero attached hydrogens (tertiary/aromatic N) is 4. The van der Waals surface area contributed by atoms with Gasteiger partial charge in [-0.15, -0.1) is 0 Å². The zero-order valence-corrected chi connectivity index (χ0v) is 14.4. The Labute approximate surface area is 147 Å². The summed E-state index contributed by atoms with van der Waals surface area (Å²) >= 11 is 0. The molecule has 0 aliphatic carbocycles. The number of carbonyl (C=O) groups excluding carboxylic acids is 1. The predicted molar refractivity (Wildman–Crippen MR) is 91.4 cm³/mol. The highest BCUT2D eigenvalue weighted by Gasteiger charge is 2.34. The van der Waals surface area contributed by atoms with Crippen LogP contribution in [0.15, 0.2) is 39.0 Å². The number of hydrogen-bond donors (Lipinski definition) is 1. The van der Waals surface area contributed by atoms with Crippen LogP contribution in [0, 0.1) is 5.82 Å². The number of rotatable bonds is 2. The van der Waals surface area contributed by atoms with Crippen molar-refractivity contribution in [2.24, 2.45) is 19.2 Å². The van der Waals surface area contributed by atoms with Crippen LogP contribution in [-0.2, 0) is 18.9 Å². The maximum absolute atomic E-state index is 13.2. The van der Waals surface area contributed by atoms with Crippen LogP contribution in [0.25, 0.3) is 0 Å². The molecule has 136 valence electrons. The monoisotopic (exact) mass is 360 g/mol. The molecule has 3 rings (SSSR count). The third-order valence-corrected chi connectivity index (χ3v) is 4.41. The fraction of sp³-hybridized carbons (Fsp3) is 0.294. The average Bonchev–Trinajstić information content (AvgIpc) is 3.04. The van der Waals surface area contributed by atoms with Crippen molar-refractivity contribution < 1.29 is 14.3 Å². The van der Waals surface area contributed by atoms with Crippen LogP contribution in [0.3, 0.4) is 0 Å². The van der Waals surface area contributed by atoms with Crippen molar-refractivity contribution in [1.29, 1.82) is 0 Å². The van der Waals surface area contributed by atoms with Gasteiger partial charge >= 0.3 is 5.69 Å². The molecule has 0 saturated heterocycles. The number of hydrazone groups is 1. The van der Waals surface area contributed by atoms with Gasteiger partial charge in [0.2, 0.25) is 11.8 Å². The Hall–Kier alpha value is -3.23. The van der Waals surface area contributed by atoms with Crippen LogP contribution in [0.4, 0.5) is 4.39 Å². The van der Waals surface area contributed by atoms with Crippen LogP contribution in [0.2, 0.25) is 0 Å². The molecule has 1 N–H and O–H groups in total. The summed E-state index contributed by atoms with van der Waals surface area (Å²) in [7, 11) is 2.62. The largest absolute Gasteiger partial charge is 0.494 e. The van der Waals surface area contributed by atoms with Gasteiger partial charge in [-0.2, -0.15) is 5.10 Å². The maximum Gasteiger partial charge on any atom is 0.333 e. The summed E-state index contributed by atoms with van der Waals surface area (Å²) in [6.45, 7) is 1.32. The summed E-state index contributed by atoms with van der Waals surface area (Å²) in [5.74, 6) is -1.29. The zero-order chi connectivity index (χ0) is 19.2. The van der Waals surface area contributed by atoms with Gasteiger partial charge in [0, 0.05) is 27.4 Å². The Kier molecular flexibility index (Phi) is 4.23. The van der Waals surface area contributed by atoms with Crippen molar-refractivity contribution in [3.8, 4) is 5.88 Å². The standard InChI is InChI=1S/C17H17FN4O4/c1-9(23)22-13(10-4-6-11(18)7-5-10)8-12(19-22)14-15(24)20(2)17(26)21(3)16(14)25/h4-7,13,24H,8H2,1-3H3. The normalized spacial score (nSPS) is 16.7. The van der Waals surface area contributed by atoms with E-state index in [1.807, 2.05) is 0 Å².